The summed E-state index contributed by atoms with van der Waals surface area (Å²) in [5, 5.41) is 1.98. The van der Waals surface area contributed by atoms with Crippen LogP contribution in [0.25, 0.3) is 22.3 Å². The van der Waals surface area contributed by atoms with E-state index >= 15 is 0 Å². The molecular weight excluding hydrogens is 389 g/mol. The number of hydrogen-bond acceptors (Lipinski definition) is 3. The van der Waals surface area contributed by atoms with Gasteiger partial charge in [0.05, 0.1) is 15.6 Å². The summed E-state index contributed by atoms with van der Waals surface area (Å²) in [5.74, 6) is 1.46. The number of halogens is 2. The fourth-order valence-electron chi connectivity index (χ4n) is 3.20. The second-order valence-electron chi connectivity index (χ2n) is 6.65. The van der Waals surface area contributed by atoms with Crippen molar-refractivity contribution in [2.24, 2.45) is 0 Å². The molecule has 3 nitrogen and oxygen atoms in total. The lowest BCUT2D eigenvalue weighted by molar-refractivity contribution is 0.863. The largest absolute Gasteiger partial charge is 0.359 e. The molecule has 5 heteroatoms. The van der Waals surface area contributed by atoms with Gasteiger partial charge in [-0.15, -0.1) is 0 Å². The Morgan fingerprint density at radius 2 is 1.57 bits per heavy atom. The summed E-state index contributed by atoms with van der Waals surface area (Å²) in [6, 6.07) is 24.0. The zero-order chi connectivity index (χ0) is 19.5. The molecule has 0 aliphatic rings. The molecule has 0 amide bonds. The lowest BCUT2D eigenvalue weighted by Crippen LogP contribution is -2.22. The molecule has 140 valence electrons. The van der Waals surface area contributed by atoms with E-state index in [2.05, 4.69) is 36.2 Å². The van der Waals surface area contributed by atoms with Crippen LogP contribution < -0.4 is 4.90 Å². The first-order valence-corrected chi connectivity index (χ1v) is 9.85. The quantitative estimate of drug-likeness (QED) is 0.389. The van der Waals surface area contributed by atoms with Crippen molar-refractivity contribution in [3.63, 3.8) is 0 Å². The summed E-state index contributed by atoms with van der Waals surface area (Å²) in [6.45, 7) is 0.841. The molecule has 0 saturated carbocycles. The van der Waals surface area contributed by atoms with E-state index in [1.54, 1.807) is 6.07 Å². The average molecular weight is 408 g/mol. The smallest absolute Gasteiger partial charge is 0.163 e. The number of para-hydroxylation sites is 1. The summed E-state index contributed by atoms with van der Waals surface area (Å²) >= 11 is 12.6. The van der Waals surface area contributed by atoms with Crippen molar-refractivity contribution in [1.82, 2.24) is 9.97 Å². The van der Waals surface area contributed by atoms with Gasteiger partial charge < -0.3 is 4.90 Å². The Morgan fingerprint density at radius 3 is 2.39 bits per heavy atom. The minimum atomic E-state index is 0.470. The molecule has 0 spiro atoms. The maximum absolute atomic E-state index is 6.43. The lowest BCUT2D eigenvalue weighted by Gasteiger charge is -2.21. The maximum atomic E-state index is 6.43. The van der Waals surface area contributed by atoms with Crippen LogP contribution in [0.5, 0.6) is 0 Å². The maximum Gasteiger partial charge on any atom is 0.163 e. The number of fused-ring (bicyclic) bond motifs is 1. The summed E-state index contributed by atoms with van der Waals surface area (Å²) in [6.07, 6.45) is 0.933. The normalized spacial score (nSPS) is 11.0. The van der Waals surface area contributed by atoms with E-state index < -0.39 is 0 Å². The Balaban J connectivity index is 1.75. The standard InChI is InChI=1S/C23H19Cl2N3/c1-28(15-14-16-8-3-2-4-9-16)23-17-10-5-6-13-20(17)26-22(27-23)18-11-7-12-19(24)21(18)25/h2-13H,14-15H2,1H3. The van der Waals surface area contributed by atoms with Gasteiger partial charge in [-0.05, 0) is 36.2 Å². The lowest BCUT2D eigenvalue weighted by atomic mass is 10.1. The second-order valence-corrected chi connectivity index (χ2v) is 7.43. The fraction of sp³-hybridized carbons (Fsp3) is 0.130. The van der Waals surface area contributed by atoms with Crippen LogP contribution in [0.1, 0.15) is 5.56 Å². The van der Waals surface area contributed by atoms with Gasteiger partial charge in [-0.25, -0.2) is 9.97 Å². The third kappa shape index (κ3) is 3.82. The number of nitrogens with zero attached hydrogens (tertiary/aromatic N) is 3. The van der Waals surface area contributed by atoms with E-state index in [1.807, 2.05) is 42.5 Å². The van der Waals surface area contributed by atoms with E-state index in [9.17, 15) is 0 Å². The molecule has 1 aromatic heterocycles. The van der Waals surface area contributed by atoms with Crippen LogP contribution >= 0.6 is 23.2 Å². The van der Waals surface area contributed by atoms with E-state index in [-0.39, 0.29) is 0 Å². The van der Waals surface area contributed by atoms with Crippen molar-refractivity contribution in [2.75, 3.05) is 18.5 Å². The van der Waals surface area contributed by atoms with Crippen LogP contribution in [0.2, 0.25) is 10.0 Å². The zero-order valence-corrected chi connectivity index (χ0v) is 17.0. The third-order valence-corrected chi connectivity index (χ3v) is 5.53. The van der Waals surface area contributed by atoms with Crippen LogP contribution in [-0.4, -0.2) is 23.6 Å². The van der Waals surface area contributed by atoms with Crippen LogP contribution in [0.4, 0.5) is 5.82 Å². The Kier molecular flexibility index (Phi) is 5.47. The van der Waals surface area contributed by atoms with Crippen molar-refractivity contribution >= 4 is 39.9 Å². The Morgan fingerprint density at radius 1 is 0.821 bits per heavy atom. The first-order chi connectivity index (χ1) is 13.6. The molecule has 1 heterocycles. The monoisotopic (exact) mass is 407 g/mol. The highest BCUT2D eigenvalue weighted by molar-refractivity contribution is 6.43. The number of hydrogen-bond donors (Lipinski definition) is 0. The highest BCUT2D eigenvalue weighted by atomic mass is 35.5. The van der Waals surface area contributed by atoms with Gasteiger partial charge in [0.15, 0.2) is 5.82 Å². The Bertz CT molecular complexity index is 1110. The molecular formula is C23H19Cl2N3. The average Bonchev–Trinajstić information content (AvgIpc) is 2.74. The predicted molar refractivity (Wildman–Crippen MR) is 118 cm³/mol. The first kappa shape index (κ1) is 18.7. The molecule has 0 saturated heterocycles. The molecule has 0 aliphatic heterocycles. The number of benzene rings is 3. The van der Waals surface area contributed by atoms with Crippen molar-refractivity contribution in [1.29, 1.82) is 0 Å². The molecule has 4 rings (SSSR count). The van der Waals surface area contributed by atoms with Gasteiger partial charge in [0, 0.05) is 24.5 Å². The van der Waals surface area contributed by atoms with Gasteiger partial charge in [0.1, 0.15) is 5.82 Å². The molecule has 0 aliphatic carbocycles. The van der Waals surface area contributed by atoms with Crippen LogP contribution in [-0.2, 0) is 6.42 Å². The summed E-state index contributed by atoms with van der Waals surface area (Å²) in [4.78, 5) is 11.8. The predicted octanol–water partition coefficient (Wildman–Crippen LogP) is 6.28. The van der Waals surface area contributed by atoms with Gasteiger partial charge in [-0.2, -0.15) is 0 Å². The topological polar surface area (TPSA) is 29.0 Å². The van der Waals surface area contributed by atoms with Crippen LogP contribution in [0.3, 0.4) is 0 Å². The van der Waals surface area contributed by atoms with Crippen molar-refractivity contribution < 1.29 is 0 Å². The van der Waals surface area contributed by atoms with Crippen molar-refractivity contribution in [3.05, 3.63) is 88.4 Å². The minimum absolute atomic E-state index is 0.470. The first-order valence-electron chi connectivity index (χ1n) is 9.10. The Hall–Kier alpha value is -2.62. The van der Waals surface area contributed by atoms with E-state index in [1.165, 1.54) is 5.56 Å². The highest BCUT2D eigenvalue weighted by Crippen LogP contribution is 2.34. The second kappa shape index (κ2) is 8.17. The van der Waals surface area contributed by atoms with E-state index in [0.717, 1.165) is 35.2 Å². The van der Waals surface area contributed by atoms with Gasteiger partial charge in [-0.3, -0.25) is 0 Å². The van der Waals surface area contributed by atoms with E-state index in [4.69, 9.17) is 33.2 Å². The summed E-state index contributed by atoms with van der Waals surface area (Å²) < 4.78 is 0. The Labute approximate surface area is 174 Å². The van der Waals surface area contributed by atoms with Gasteiger partial charge >= 0.3 is 0 Å². The van der Waals surface area contributed by atoms with E-state index in [0.29, 0.717) is 15.9 Å². The number of anilines is 1. The molecule has 0 unspecified atom stereocenters. The molecule has 0 bridgehead atoms. The van der Waals surface area contributed by atoms with Crippen LogP contribution in [0.15, 0.2) is 72.8 Å². The fourth-order valence-corrected chi connectivity index (χ4v) is 3.58. The zero-order valence-electron chi connectivity index (χ0n) is 15.4. The highest BCUT2D eigenvalue weighted by Gasteiger charge is 2.15. The molecule has 0 N–H and O–H groups in total. The molecule has 3 aromatic carbocycles. The number of aromatic nitrogens is 2. The summed E-state index contributed by atoms with van der Waals surface area (Å²) in [7, 11) is 2.06. The van der Waals surface area contributed by atoms with Crippen LogP contribution in [0, 0.1) is 0 Å². The SMILES string of the molecule is CN(CCc1ccccc1)c1nc(-c2cccc(Cl)c2Cl)nc2ccccc12. The van der Waals surface area contributed by atoms with Gasteiger partial charge in [0.2, 0.25) is 0 Å². The van der Waals surface area contributed by atoms with Crippen molar-refractivity contribution in [2.45, 2.75) is 6.42 Å². The minimum Gasteiger partial charge on any atom is -0.359 e. The molecule has 28 heavy (non-hydrogen) atoms. The molecule has 0 fully saturated rings. The number of likely N-dealkylation sites (N-methyl/N-ethyl adjacent to an activating group) is 1. The van der Waals surface area contributed by atoms with Gasteiger partial charge in [-0.1, -0.05) is 71.7 Å². The molecule has 0 radical (unpaired) electrons. The van der Waals surface area contributed by atoms with Gasteiger partial charge in [0.25, 0.3) is 0 Å². The summed E-state index contributed by atoms with van der Waals surface area (Å²) in [5.41, 5.74) is 2.91. The third-order valence-electron chi connectivity index (χ3n) is 4.72. The molecule has 0 atom stereocenters. The molecule has 4 aromatic rings. The number of rotatable bonds is 5. The van der Waals surface area contributed by atoms with Crippen molar-refractivity contribution in [3.8, 4) is 11.4 Å².